The summed E-state index contributed by atoms with van der Waals surface area (Å²) >= 11 is 15.9. The molecule has 0 N–H and O–H groups in total. The lowest BCUT2D eigenvalue weighted by atomic mass is 10.1. The number of carbonyl (C=O) groups excluding carboxylic acids is 2. The van der Waals surface area contributed by atoms with Crippen molar-refractivity contribution in [2.24, 2.45) is 0 Å². The Hall–Kier alpha value is -0.0500. The molecular weight excluding hydrogens is 222 g/mol. The molecule has 0 rings (SSSR count). The number of rotatable bonds is 2. The molecule has 0 aliphatic rings. The van der Waals surface area contributed by atoms with E-state index in [9.17, 15) is 9.59 Å². The molecule has 0 unspecified atom stereocenters. The largest absolute Gasteiger partial charge is 0.294 e. The number of allylic oxidation sites excluding steroid dienone is 2. The van der Waals surface area contributed by atoms with E-state index in [0.29, 0.717) is 0 Å². The van der Waals surface area contributed by atoms with Crippen molar-refractivity contribution >= 4 is 46.4 Å². The normalized spacial score (nSPS) is 12.9. The Labute approximate surface area is 85.5 Å². The molecule has 0 aliphatic heterocycles. The molecule has 0 amide bonds. The van der Waals surface area contributed by atoms with E-state index in [2.05, 4.69) is 0 Å². The number of halogens is 3. The first-order valence-electron chi connectivity index (χ1n) is 3.09. The highest BCUT2D eigenvalue weighted by molar-refractivity contribution is 6.78. The maximum atomic E-state index is 11.2. The van der Waals surface area contributed by atoms with Gasteiger partial charge in [-0.1, -0.05) is 40.9 Å². The molecule has 0 saturated carbocycles. The number of alkyl halides is 3. The summed E-state index contributed by atoms with van der Waals surface area (Å²) in [5.41, 5.74) is -0.0880. The highest BCUT2D eigenvalue weighted by atomic mass is 35.6. The van der Waals surface area contributed by atoms with Gasteiger partial charge in [-0.3, -0.25) is 9.59 Å². The Bertz CT molecular complexity index is 238. The lowest BCUT2D eigenvalue weighted by Gasteiger charge is -2.09. The summed E-state index contributed by atoms with van der Waals surface area (Å²) in [6.07, 6.45) is 1.33. The molecule has 5 heteroatoms. The molecular formula is C7H7Cl3O2. The molecule has 0 aliphatic carbocycles. The van der Waals surface area contributed by atoms with E-state index in [-0.39, 0.29) is 5.57 Å². The van der Waals surface area contributed by atoms with Crippen LogP contribution in [0.15, 0.2) is 11.6 Å². The van der Waals surface area contributed by atoms with Crippen molar-refractivity contribution in [2.45, 2.75) is 17.6 Å². The van der Waals surface area contributed by atoms with Crippen molar-refractivity contribution in [1.29, 1.82) is 0 Å². The van der Waals surface area contributed by atoms with Crippen LogP contribution in [0.5, 0.6) is 0 Å². The number of hydrogen-bond acceptors (Lipinski definition) is 2. The number of hydrogen-bond donors (Lipinski definition) is 0. The molecule has 0 fully saturated rings. The fourth-order valence-corrected chi connectivity index (χ4v) is 0.952. The third-order valence-electron chi connectivity index (χ3n) is 1.17. The van der Waals surface area contributed by atoms with Gasteiger partial charge >= 0.3 is 0 Å². The zero-order valence-corrected chi connectivity index (χ0v) is 8.80. The fourth-order valence-electron chi connectivity index (χ4n) is 0.647. The average Bonchev–Trinajstić information content (AvgIpc) is 1.86. The topological polar surface area (TPSA) is 34.1 Å². The van der Waals surface area contributed by atoms with Crippen LogP contribution in [-0.4, -0.2) is 15.4 Å². The summed E-state index contributed by atoms with van der Waals surface area (Å²) in [6.45, 7) is 2.77. The summed E-state index contributed by atoms with van der Waals surface area (Å²) in [4.78, 5) is 22.0. The summed E-state index contributed by atoms with van der Waals surface area (Å²) in [6, 6.07) is 0. The van der Waals surface area contributed by atoms with Gasteiger partial charge in [0.2, 0.25) is 5.78 Å². The quantitative estimate of drug-likeness (QED) is 0.315. The van der Waals surface area contributed by atoms with Gasteiger partial charge in [0, 0.05) is 0 Å². The van der Waals surface area contributed by atoms with E-state index in [0.717, 1.165) is 0 Å². The van der Waals surface area contributed by atoms with Crippen molar-refractivity contribution in [3.63, 3.8) is 0 Å². The van der Waals surface area contributed by atoms with Crippen molar-refractivity contribution in [2.75, 3.05) is 0 Å². The minimum absolute atomic E-state index is 0.0880. The van der Waals surface area contributed by atoms with Gasteiger partial charge in [0.1, 0.15) is 0 Å². The summed E-state index contributed by atoms with van der Waals surface area (Å²) in [5, 5.41) is 0. The van der Waals surface area contributed by atoms with Gasteiger partial charge in [-0.15, -0.1) is 0 Å². The van der Waals surface area contributed by atoms with Gasteiger partial charge in [-0.25, -0.2) is 0 Å². The number of Topliss-reactive ketones (excluding diaryl/α,β-unsaturated/α-hetero) is 2. The van der Waals surface area contributed by atoms with E-state index < -0.39 is 15.4 Å². The zero-order valence-electron chi connectivity index (χ0n) is 6.53. The molecule has 0 saturated heterocycles. The molecule has 0 aromatic heterocycles. The first-order valence-corrected chi connectivity index (χ1v) is 4.23. The lowest BCUT2D eigenvalue weighted by molar-refractivity contribution is -0.120. The summed E-state index contributed by atoms with van der Waals surface area (Å²) in [5.74, 6) is -1.20. The van der Waals surface area contributed by atoms with Crippen molar-refractivity contribution in [3.05, 3.63) is 11.6 Å². The first-order chi connectivity index (χ1) is 5.30. The van der Waals surface area contributed by atoms with Crippen LogP contribution in [0.2, 0.25) is 0 Å². The maximum Gasteiger partial charge on any atom is 0.253 e. The van der Waals surface area contributed by atoms with Crippen molar-refractivity contribution in [1.82, 2.24) is 0 Å². The SMILES string of the molecule is C/C=C(\C(C)=O)C(=O)C(Cl)(Cl)Cl. The molecule has 0 spiro atoms. The molecule has 68 valence electrons. The molecule has 12 heavy (non-hydrogen) atoms. The smallest absolute Gasteiger partial charge is 0.253 e. The van der Waals surface area contributed by atoms with Crippen LogP contribution in [-0.2, 0) is 9.59 Å². The van der Waals surface area contributed by atoms with Gasteiger partial charge in [0.25, 0.3) is 3.79 Å². The predicted molar refractivity (Wildman–Crippen MR) is 49.7 cm³/mol. The Morgan fingerprint density at radius 3 is 1.75 bits per heavy atom. The minimum Gasteiger partial charge on any atom is -0.294 e. The Balaban J connectivity index is 4.82. The minimum atomic E-state index is -2.05. The van der Waals surface area contributed by atoms with Crippen LogP contribution in [0.25, 0.3) is 0 Å². The van der Waals surface area contributed by atoms with Gasteiger partial charge in [0.05, 0.1) is 5.57 Å². The molecule has 0 aromatic rings. The second kappa shape index (κ2) is 4.26. The van der Waals surface area contributed by atoms with Crippen molar-refractivity contribution < 1.29 is 9.59 Å². The highest BCUT2D eigenvalue weighted by Gasteiger charge is 2.34. The third-order valence-corrected chi connectivity index (χ3v) is 1.68. The average molecular weight is 229 g/mol. The van der Waals surface area contributed by atoms with E-state index in [1.807, 2.05) is 0 Å². The van der Waals surface area contributed by atoms with Gasteiger partial charge in [-0.05, 0) is 13.8 Å². The van der Waals surface area contributed by atoms with Gasteiger partial charge in [0.15, 0.2) is 5.78 Å². The maximum absolute atomic E-state index is 11.2. The van der Waals surface area contributed by atoms with Crippen LogP contribution in [0.3, 0.4) is 0 Å². The molecule has 0 bridgehead atoms. The second-order valence-corrected chi connectivity index (χ2v) is 4.37. The van der Waals surface area contributed by atoms with Crippen LogP contribution in [0.4, 0.5) is 0 Å². The van der Waals surface area contributed by atoms with Crippen LogP contribution in [0, 0.1) is 0 Å². The molecule has 0 heterocycles. The van der Waals surface area contributed by atoms with Gasteiger partial charge < -0.3 is 0 Å². The van der Waals surface area contributed by atoms with Crippen molar-refractivity contribution in [3.8, 4) is 0 Å². The Morgan fingerprint density at radius 1 is 1.25 bits per heavy atom. The fraction of sp³-hybridized carbons (Fsp3) is 0.429. The molecule has 2 nitrogen and oxygen atoms in total. The standard InChI is InChI=1S/C7H7Cl3O2/c1-3-5(4(2)11)6(12)7(8,9)10/h3H,1-2H3/b5-3+. The van der Waals surface area contributed by atoms with Gasteiger partial charge in [-0.2, -0.15) is 0 Å². The Kier molecular flexibility index (Phi) is 4.24. The molecule has 0 aromatic carbocycles. The van der Waals surface area contributed by atoms with E-state index in [4.69, 9.17) is 34.8 Å². The first kappa shape index (κ1) is 11.9. The molecule has 0 atom stereocenters. The summed E-state index contributed by atoms with van der Waals surface area (Å²) < 4.78 is -2.05. The van der Waals surface area contributed by atoms with E-state index >= 15 is 0 Å². The third kappa shape index (κ3) is 3.13. The number of carbonyl (C=O) groups is 2. The Morgan fingerprint density at radius 2 is 1.67 bits per heavy atom. The monoisotopic (exact) mass is 228 g/mol. The van der Waals surface area contributed by atoms with E-state index in [1.54, 1.807) is 0 Å². The molecule has 0 radical (unpaired) electrons. The van der Waals surface area contributed by atoms with E-state index in [1.165, 1.54) is 19.9 Å². The number of ketones is 2. The zero-order chi connectivity index (χ0) is 9.94. The predicted octanol–water partition coefficient (Wildman–Crippen LogP) is 2.46. The highest BCUT2D eigenvalue weighted by Crippen LogP contribution is 2.30. The lowest BCUT2D eigenvalue weighted by Crippen LogP contribution is -2.24. The van der Waals surface area contributed by atoms with Crippen LogP contribution < -0.4 is 0 Å². The summed E-state index contributed by atoms with van der Waals surface area (Å²) in [7, 11) is 0. The second-order valence-electron chi connectivity index (χ2n) is 2.09. The van der Waals surface area contributed by atoms with Crippen LogP contribution >= 0.6 is 34.8 Å². The van der Waals surface area contributed by atoms with Crippen LogP contribution in [0.1, 0.15) is 13.8 Å².